The average Bonchev–Trinajstić information content (AvgIpc) is 2.34. The lowest BCUT2D eigenvalue weighted by molar-refractivity contribution is -0.147. The maximum absolute atomic E-state index is 12.2. The lowest BCUT2D eigenvalue weighted by atomic mass is 10.0. The number of nitrogens with one attached hydrogen (secondary N) is 1. The second kappa shape index (κ2) is 6.11. The minimum Gasteiger partial charge on any atom is -0.480 e. The predicted molar refractivity (Wildman–Crippen MR) is 73.3 cm³/mol. The van der Waals surface area contributed by atoms with Crippen LogP contribution in [0.2, 0.25) is 0 Å². The van der Waals surface area contributed by atoms with Crippen molar-refractivity contribution in [2.45, 2.75) is 45.2 Å². The Morgan fingerprint density at radius 2 is 2.10 bits per heavy atom. The van der Waals surface area contributed by atoms with Crippen LogP contribution < -0.4 is 5.32 Å². The highest BCUT2D eigenvalue weighted by Gasteiger charge is 2.38. The summed E-state index contributed by atoms with van der Waals surface area (Å²) in [6, 6.07) is -0.545. The minimum absolute atomic E-state index is 0.0636. The number of hydrogen-bond donors (Lipinski definition) is 2. The smallest absolute Gasteiger partial charge is 0.329 e. The lowest BCUT2D eigenvalue weighted by Gasteiger charge is -2.37. The molecule has 1 rings (SSSR count). The zero-order valence-electron chi connectivity index (χ0n) is 12.5. The Labute approximate surface area is 118 Å². The van der Waals surface area contributed by atoms with Crippen LogP contribution in [0, 0.1) is 0 Å². The van der Waals surface area contributed by atoms with E-state index >= 15 is 0 Å². The first kappa shape index (κ1) is 16.3. The van der Waals surface area contributed by atoms with Crippen LogP contribution >= 0.6 is 0 Å². The molecule has 0 aromatic heterocycles. The van der Waals surface area contributed by atoms with Gasteiger partial charge in [-0.2, -0.15) is 0 Å². The first-order chi connectivity index (χ1) is 9.20. The molecule has 2 N–H and O–H groups in total. The summed E-state index contributed by atoms with van der Waals surface area (Å²) in [5.41, 5.74) is -1.27. The van der Waals surface area contributed by atoms with Crippen molar-refractivity contribution in [2.75, 3.05) is 20.1 Å². The number of rotatable bonds is 4. The summed E-state index contributed by atoms with van der Waals surface area (Å²) in [5, 5.41) is 12.0. The zero-order chi connectivity index (χ0) is 15.5. The van der Waals surface area contributed by atoms with E-state index in [1.54, 1.807) is 18.9 Å². The Balaban J connectivity index is 2.69. The van der Waals surface area contributed by atoms with Gasteiger partial charge in [-0.1, -0.05) is 0 Å². The number of likely N-dealkylation sites (tertiary alicyclic amines) is 1. The van der Waals surface area contributed by atoms with Crippen LogP contribution in [-0.4, -0.2) is 64.5 Å². The number of nitrogens with zero attached hydrogens (tertiary/aromatic N) is 2. The van der Waals surface area contributed by atoms with Gasteiger partial charge in [0.2, 0.25) is 5.91 Å². The lowest BCUT2D eigenvalue weighted by Crippen LogP contribution is -2.59. The monoisotopic (exact) mass is 285 g/mol. The van der Waals surface area contributed by atoms with E-state index in [1.165, 1.54) is 18.7 Å². The average molecular weight is 285 g/mol. The topological polar surface area (TPSA) is 90.0 Å². The maximum atomic E-state index is 12.2. The fourth-order valence-electron chi connectivity index (χ4n) is 2.29. The second-order valence-corrected chi connectivity index (χ2v) is 5.57. The Kier molecular flexibility index (Phi) is 4.97. The summed E-state index contributed by atoms with van der Waals surface area (Å²) in [6.45, 7) is 5.48. The van der Waals surface area contributed by atoms with Gasteiger partial charge in [-0.05, 0) is 27.2 Å². The summed E-state index contributed by atoms with van der Waals surface area (Å²) in [7, 11) is 1.69. The number of piperidine rings is 1. The molecule has 1 aliphatic heterocycles. The van der Waals surface area contributed by atoms with E-state index in [1.807, 2.05) is 0 Å². The van der Waals surface area contributed by atoms with Gasteiger partial charge in [-0.25, -0.2) is 9.59 Å². The van der Waals surface area contributed by atoms with Crippen LogP contribution in [0.4, 0.5) is 4.79 Å². The van der Waals surface area contributed by atoms with Crippen LogP contribution in [0.5, 0.6) is 0 Å². The fraction of sp³-hybridized carbons (Fsp3) is 0.769. The molecule has 0 bridgehead atoms. The standard InChI is InChI=1S/C13H23N3O4/c1-5-16(13(2,3)11(18)19)12(20)14-9-6-7-10(17)15(4)8-9/h9H,5-8H2,1-4H3,(H,14,20)(H,18,19). The summed E-state index contributed by atoms with van der Waals surface area (Å²) < 4.78 is 0. The number of hydrogen-bond acceptors (Lipinski definition) is 3. The van der Waals surface area contributed by atoms with Gasteiger partial charge >= 0.3 is 12.0 Å². The Morgan fingerprint density at radius 1 is 1.50 bits per heavy atom. The Bertz CT molecular complexity index is 408. The number of aliphatic carboxylic acids is 1. The molecule has 0 aliphatic carbocycles. The van der Waals surface area contributed by atoms with Crippen molar-refractivity contribution >= 4 is 17.9 Å². The van der Waals surface area contributed by atoms with Gasteiger partial charge in [-0.15, -0.1) is 0 Å². The highest BCUT2D eigenvalue weighted by atomic mass is 16.4. The third-order valence-corrected chi connectivity index (χ3v) is 3.71. The van der Waals surface area contributed by atoms with Crippen molar-refractivity contribution < 1.29 is 19.5 Å². The van der Waals surface area contributed by atoms with Crippen molar-refractivity contribution in [1.29, 1.82) is 0 Å². The van der Waals surface area contributed by atoms with E-state index in [9.17, 15) is 19.5 Å². The first-order valence-electron chi connectivity index (χ1n) is 6.75. The summed E-state index contributed by atoms with van der Waals surface area (Å²) in [4.78, 5) is 37.7. The van der Waals surface area contributed by atoms with Crippen molar-refractivity contribution in [2.24, 2.45) is 0 Å². The molecule has 0 aromatic rings. The molecule has 1 heterocycles. The van der Waals surface area contributed by atoms with Crippen LogP contribution in [0.15, 0.2) is 0 Å². The molecule has 0 spiro atoms. The minimum atomic E-state index is -1.27. The molecule has 3 amide bonds. The number of urea groups is 1. The van der Waals surface area contributed by atoms with Crippen LogP contribution in [0.3, 0.4) is 0 Å². The van der Waals surface area contributed by atoms with Crippen LogP contribution in [0.1, 0.15) is 33.6 Å². The molecule has 0 aromatic carbocycles. The van der Waals surface area contributed by atoms with E-state index in [4.69, 9.17) is 0 Å². The highest BCUT2D eigenvalue weighted by molar-refractivity contribution is 5.86. The number of carbonyl (C=O) groups excluding carboxylic acids is 2. The largest absolute Gasteiger partial charge is 0.480 e. The van der Waals surface area contributed by atoms with Crippen LogP contribution in [-0.2, 0) is 9.59 Å². The van der Waals surface area contributed by atoms with Gasteiger partial charge in [0.1, 0.15) is 5.54 Å². The molecule has 0 saturated carbocycles. The normalized spacial score (nSPS) is 19.7. The molecule has 7 heteroatoms. The van der Waals surface area contributed by atoms with Gasteiger partial charge in [-0.3, -0.25) is 4.79 Å². The van der Waals surface area contributed by atoms with Crippen LogP contribution in [0.25, 0.3) is 0 Å². The van der Waals surface area contributed by atoms with Gasteiger partial charge in [0.15, 0.2) is 0 Å². The van der Waals surface area contributed by atoms with Gasteiger partial charge in [0.05, 0.1) is 0 Å². The Hall–Kier alpha value is -1.79. The van der Waals surface area contributed by atoms with E-state index in [0.29, 0.717) is 25.9 Å². The third kappa shape index (κ3) is 3.40. The van der Waals surface area contributed by atoms with Crippen molar-refractivity contribution in [3.05, 3.63) is 0 Å². The molecule has 1 unspecified atom stereocenters. The fourth-order valence-corrected chi connectivity index (χ4v) is 2.29. The molecule has 1 atom stereocenters. The molecule has 1 aliphatic rings. The Morgan fingerprint density at radius 3 is 2.55 bits per heavy atom. The molecule has 1 saturated heterocycles. The number of amides is 3. The quantitative estimate of drug-likeness (QED) is 0.787. The van der Waals surface area contributed by atoms with E-state index < -0.39 is 17.5 Å². The molecule has 20 heavy (non-hydrogen) atoms. The van der Waals surface area contributed by atoms with Gasteiger partial charge < -0.3 is 20.2 Å². The van der Waals surface area contributed by atoms with Gasteiger partial charge in [0, 0.05) is 32.6 Å². The van der Waals surface area contributed by atoms with Crippen molar-refractivity contribution in [3.63, 3.8) is 0 Å². The molecule has 1 fully saturated rings. The number of carbonyl (C=O) groups is 3. The van der Waals surface area contributed by atoms with E-state index in [2.05, 4.69) is 5.32 Å². The third-order valence-electron chi connectivity index (χ3n) is 3.71. The number of carboxylic acid groups (broad SMARTS) is 1. The molecular formula is C13H23N3O4. The molecule has 0 radical (unpaired) electrons. The SMILES string of the molecule is CCN(C(=O)NC1CCC(=O)N(C)C1)C(C)(C)C(=O)O. The first-order valence-corrected chi connectivity index (χ1v) is 6.75. The zero-order valence-corrected chi connectivity index (χ0v) is 12.5. The summed E-state index contributed by atoms with van der Waals surface area (Å²) in [5.74, 6) is -0.987. The van der Waals surface area contributed by atoms with Gasteiger partial charge in [0.25, 0.3) is 0 Å². The van der Waals surface area contributed by atoms with E-state index in [-0.39, 0.29) is 11.9 Å². The second-order valence-electron chi connectivity index (χ2n) is 5.57. The summed E-state index contributed by atoms with van der Waals surface area (Å²) in [6.07, 6.45) is 0.982. The number of likely N-dealkylation sites (N-methyl/N-ethyl adjacent to an activating group) is 2. The highest BCUT2D eigenvalue weighted by Crippen LogP contribution is 2.16. The van der Waals surface area contributed by atoms with Crippen molar-refractivity contribution in [1.82, 2.24) is 15.1 Å². The molecule has 114 valence electrons. The molecule has 7 nitrogen and oxygen atoms in total. The van der Waals surface area contributed by atoms with Crippen molar-refractivity contribution in [3.8, 4) is 0 Å². The maximum Gasteiger partial charge on any atom is 0.329 e. The number of carboxylic acids is 1. The van der Waals surface area contributed by atoms with E-state index in [0.717, 1.165) is 0 Å². The summed E-state index contributed by atoms with van der Waals surface area (Å²) >= 11 is 0. The molecular weight excluding hydrogens is 262 g/mol. The predicted octanol–water partition coefficient (Wildman–Crippen LogP) is 0.502.